The lowest BCUT2D eigenvalue weighted by Crippen LogP contribution is -2.02. The Bertz CT molecular complexity index is 793. The zero-order valence-electron chi connectivity index (χ0n) is 10.8. The number of hydrogen-bond donors (Lipinski definition) is 1. The summed E-state index contributed by atoms with van der Waals surface area (Å²) in [4.78, 5) is 15.7. The van der Waals surface area contributed by atoms with Crippen LogP contribution in [0.15, 0.2) is 48.8 Å². The van der Waals surface area contributed by atoms with Crippen molar-refractivity contribution in [2.45, 2.75) is 0 Å². The third kappa shape index (κ3) is 1.89. The van der Waals surface area contributed by atoms with Gasteiger partial charge in [-0.15, -0.1) is 0 Å². The standard InChI is InChI=1S/C15H12N2O3/c1-20-10-5-6-11(12(9-10)15(18)19)13-3-2-4-14-16-7-8-17(13)14/h2-9H,1H3,(H,18,19). The summed E-state index contributed by atoms with van der Waals surface area (Å²) in [5, 5.41) is 9.39. The summed E-state index contributed by atoms with van der Waals surface area (Å²) >= 11 is 0. The summed E-state index contributed by atoms with van der Waals surface area (Å²) in [6.07, 6.45) is 3.49. The molecular formula is C15H12N2O3. The maximum atomic E-state index is 11.5. The second-order valence-electron chi connectivity index (χ2n) is 4.28. The summed E-state index contributed by atoms with van der Waals surface area (Å²) < 4.78 is 6.94. The molecule has 20 heavy (non-hydrogen) atoms. The monoisotopic (exact) mass is 268 g/mol. The lowest BCUT2D eigenvalue weighted by atomic mass is 10.0. The number of aromatic carboxylic acids is 1. The molecular weight excluding hydrogens is 256 g/mol. The highest BCUT2D eigenvalue weighted by atomic mass is 16.5. The average Bonchev–Trinajstić information content (AvgIpc) is 2.95. The van der Waals surface area contributed by atoms with Crippen molar-refractivity contribution in [3.8, 4) is 17.0 Å². The van der Waals surface area contributed by atoms with Crippen LogP contribution in [0.5, 0.6) is 5.75 Å². The maximum Gasteiger partial charge on any atom is 0.336 e. The van der Waals surface area contributed by atoms with Gasteiger partial charge in [-0.05, 0) is 30.3 Å². The van der Waals surface area contributed by atoms with E-state index < -0.39 is 5.97 Å². The first-order chi connectivity index (χ1) is 9.70. The lowest BCUT2D eigenvalue weighted by molar-refractivity contribution is 0.0697. The molecule has 0 bridgehead atoms. The number of imidazole rings is 1. The third-order valence-corrected chi connectivity index (χ3v) is 3.16. The SMILES string of the molecule is COc1ccc(-c2cccc3nccn23)c(C(=O)O)c1. The minimum atomic E-state index is -0.990. The molecule has 0 aliphatic rings. The van der Waals surface area contributed by atoms with Gasteiger partial charge >= 0.3 is 5.97 Å². The van der Waals surface area contributed by atoms with Crippen LogP contribution in [0.4, 0.5) is 0 Å². The van der Waals surface area contributed by atoms with Crippen LogP contribution in [0.2, 0.25) is 0 Å². The van der Waals surface area contributed by atoms with E-state index in [-0.39, 0.29) is 5.56 Å². The molecule has 0 fully saturated rings. The molecule has 0 aliphatic carbocycles. The van der Waals surface area contributed by atoms with Crippen LogP contribution in [0.1, 0.15) is 10.4 Å². The molecule has 5 nitrogen and oxygen atoms in total. The Morgan fingerprint density at radius 2 is 2.15 bits per heavy atom. The largest absolute Gasteiger partial charge is 0.497 e. The van der Waals surface area contributed by atoms with E-state index in [0.717, 1.165) is 11.3 Å². The fourth-order valence-electron chi connectivity index (χ4n) is 2.22. The van der Waals surface area contributed by atoms with Gasteiger partial charge in [-0.2, -0.15) is 0 Å². The molecule has 5 heteroatoms. The first kappa shape index (κ1) is 12.2. The van der Waals surface area contributed by atoms with Crippen molar-refractivity contribution in [2.24, 2.45) is 0 Å². The Labute approximate surface area is 115 Å². The van der Waals surface area contributed by atoms with Crippen molar-refractivity contribution in [2.75, 3.05) is 7.11 Å². The zero-order valence-corrected chi connectivity index (χ0v) is 10.8. The van der Waals surface area contributed by atoms with Crippen molar-refractivity contribution in [1.29, 1.82) is 0 Å². The van der Waals surface area contributed by atoms with Crippen molar-refractivity contribution < 1.29 is 14.6 Å². The molecule has 100 valence electrons. The van der Waals surface area contributed by atoms with Gasteiger partial charge in [0, 0.05) is 18.0 Å². The number of methoxy groups -OCH3 is 1. The van der Waals surface area contributed by atoms with Crippen LogP contribution < -0.4 is 4.74 Å². The van der Waals surface area contributed by atoms with E-state index in [9.17, 15) is 9.90 Å². The molecule has 0 aliphatic heterocycles. The van der Waals surface area contributed by atoms with Crippen molar-refractivity contribution in [3.05, 3.63) is 54.4 Å². The van der Waals surface area contributed by atoms with E-state index in [1.54, 1.807) is 24.5 Å². The van der Waals surface area contributed by atoms with Crippen LogP contribution in [0.25, 0.3) is 16.9 Å². The number of hydrogen-bond acceptors (Lipinski definition) is 3. The topological polar surface area (TPSA) is 63.8 Å². The van der Waals surface area contributed by atoms with Gasteiger partial charge in [-0.3, -0.25) is 4.40 Å². The highest BCUT2D eigenvalue weighted by molar-refractivity contribution is 5.96. The number of carbonyl (C=O) groups is 1. The van der Waals surface area contributed by atoms with Gasteiger partial charge in [0.25, 0.3) is 0 Å². The molecule has 0 amide bonds. The van der Waals surface area contributed by atoms with Crippen LogP contribution in [0.3, 0.4) is 0 Å². The number of benzene rings is 1. The maximum absolute atomic E-state index is 11.5. The third-order valence-electron chi connectivity index (χ3n) is 3.16. The zero-order chi connectivity index (χ0) is 14.1. The number of carboxylic acids is 1. The minimum absolute atomic E-state index is 0.200. The Morgan fingerprint density at radius 3 is 2.90 bits per heavy atom. The van der Waals surface area contributed by atoms with Crippen molar-refractivity contribution >= 4 is 11.6 Å². The molecule has 1 N–H and O–H groups in total. The van der Waals surface area contributed by atoms with E-state index >= 15 is 0 Å². The molecule has 0 saturated heterocycles. The fourth-order valence-corrected chi connectivity index (χ4v) is 2.22. The van der Waals surface area contributed by atoms with Gasteiger partial charge < -0.3 is 9.84 Å². The Morgan fingerprint density at radius 1 is 1.30 bits per heavy atom. The van der Waals surface area contributed by atoms with E-state index in [4.69, 9.17) is 4.74 Å². The van der Waals surface area contributed by atoms with Crippen LogP contribution in [-0.2, 0) is 0 Å². The van der Waals surface area contributed by atoms with Crippen molar-refractivity contribution in [3.63, 3.8) is 0 Å². The number of carboxylic acid groups (broad SMARTS) is 1. The number of pyridine rings is 1. The van der Waals surface area contributed by atoms with Gasteiger partial charge in [-0.1, -0.05) is 6.07 Å². The molecule has 0 unspecified atom stereocenters. The number of nitrogens with zero attached hydrogens (tertiary/aromatic N) is 2. The molecule has 0 spiro atoms. The molecule has 2 heterocycles. The van der Waals surface area contributed by atoms with Gasteiger partial charge in [0.05, 0.1) is 18.4 Å². The second kappa shape index (κ2) is 4.70. The Kier molecular flexibility index (Phi) is 2.87. The summed E-state index contributed by atoms with van der Waals surface area (Å²) in [5.74, 6) is -0.472. The van der Waals surface area contributed by atoms with Crippen LogP contribution in [0, 0.1) is 0 Å². The molecule has 1 aromatic carbocycles. The molecule has 0 saturated carbocycles. The molecule has 2 aromatic heterocycles. The van der Waals surface area contributed by atoms with Crippen molar-refractivity contribution in [1.82, 2.24) is 9.38 Å². The number of aromatic nitrogens is 2. The highest BCUT2D eigenvalue weighted by Gasteiger charge is 2.15. The second-order valence-corrected chi connectivity index (χ2v) is 4.28. The van der Waals surface area contributed by atoms with Gasteiger partial charge in [0.15, 0.2) is 0 Å². The lowest BCUT2D eigenvalue weighted by Gasteiger charge is -2.10. The predicted octanol–water partition coefficient (Wildman–Crippen LogP) is 2.71. The summed E-state index contributed by atoms with van der Waals surface area (Å²) in [6.45, 7) is 0. The van der Waals surface area contributed by atoms with E-state index in [1.807, 2.05) is 22.6 Å². The molecule has 3 rings (SSSR count). The summed E-state index contributed by atoms with van der Waals surface area (Å²) in [6, 6.07) is 10.6. The van der Waals surface area contributed by atoms with E-state index in [2.05, 4.69) is 4.98 Å². The summed E-state index contributed by atoms with van der Waals surface area (Å²) in [7, 11) is 1.51. The van der Waals surface area contributed by atoms with E-state index in [0.29, 0.717) is 11.3 Å². The molecule has 3 aromatic rings. The first-order valence-corrected chi connectivity index (χ1v) is 6.04. The van der Waals surface area contributed by atoms with Gasteiger partial charge in [0.2, 0.25) is 0 Å². The Hall–Kier alpha value is -2.82. The Balaban J connectivity index is 2.28. The normalized spacial score (nSPS) is 10.7. The average molecular weight is 268 g/mol. The molecule has 0 atom stereocenters. The van der Waals surface area contributed by atoms with Gasteiger partial charge in [0.1, 0.15) is 11.4 Å². The molecule has 0 radical (unpaired) electrons. The summed E-state index contributed by atoms with van der Waals surface area (Å²) in [5.41, 5.74) is 2.38. The fraction of sp³-hybridized carbons (Fsp3) is 0.0667. The predicted molar refractivity (Wildman–Crippen MR) is 74.1 cm³/mol. The number of ether oxygens (including phenoxy) is 1. The van der Waals surface area contributed by atoms with Crippen LogP contribution in [-0.4, -0.2) is 27.6 Å². The van der Waals surface area contributed by atoms with Crippen LogP contribution >= 0.6 is 0 Å². The number of fused-ring (bicyclic) bond motifs is 1. The quantitative estimate of drug-likeness (QED) is 0.793. The first-order valence-electron chi connectivity index (χ1n) is 6.04. The minimum Gasteiger partial charge on any atom is -0.497 e. The van der Waals surface area contributed by atoms with E-state index in [1.165, 1.54) is 13.2 Å². The number of rotatable bonds is 3. The smallest absolute Gasteiger partial charge is 0.336 e. The highest BCUT2D eigenvalue weighted by Crippen LogP contribution is 2.28. The van der Waals surface area contributed by atoms with Gasteiger partial charge in [-0.25, -0.2) is 9.78 Å².